The fraction of sp³-hybridized carbons (Fsp3) is 0.647. The number of benzene rings is 1. The summed E-state index contributed by atoms with van der Waals surface area (Å²) in [5, 5.41) is 6.30. The number of nitrogens with one attached hydrogen (secondary N) is 2. The van der Waals surface area contributed by atoms with E-state index in [1.807, 2.05) is 4.90 Å². The first-order valence-corrected chi connectivity index (χ1v) is 17.1. The zero-order chi connectivity index (χ0) is 32.8. The molecule has 5 heterocycles. The third-order valence-electron chi connectivity index (χ3n) is 10.4. The topological polar surface area (TPSA) is 84.2 Å². The van der Waals surface area contributed by atoms with Crippen LogP contribution < -0.4 is 20.4 Å². The van der Waals surface area contributed by atoms with Crippen molar-refractivity contribution in [2.24, 2.45) is 17.8 Å². The number of carbonyl (C=O) groups excluding carboxylic acids is 1. The largest absolute Gasteiger partial charge is 0.407 e. The first-order chi connectivity index (χ1) is 22.7. The average Bonchev–Trinajstić information content (AvgIpc) is 3.10. The van der Waals surface area contributed by atoms with E-state index >= 15 is 0 Å². The zero-order valence-electron chi connectivity index (χ0n) is 27.0. The van der Waals surface area contributed by atoms with Crippen LogP contribution in [0.15, 0.2) is 30.6 Å². The number of piperazine rings is 1. The molecule has 4 fully saturated rings. The summed E-state index contributed by atoms with van der Waals surface area (Å²) in [5.74, 6) is 1.37. The molecule has 2 aromatic rings. The van der Waals surface area contributed by atoms with Crippen molar-refractivity contribution in [2.45, 2.75) is 44.7 Å². The molecule has 2 N–H and O–H groups in total. The number of anilines is 3. The first kappa shape index (κ1) is 33.4. The molecular formula is C34H46F3N9O. The molecule has 10 nitrogen and oxygen atoms in total. The second-order valence-corrected chi connectivity index (χ2v) is 13.6. The number of hydrogen-bond acceptors (Lipinski definition) is 8. The van der Waals surface area contributed by atoms with Crippen molar-refractivity contribution >= 4 is 28.9 Å². The second kappa shape index (κ2) is 15.2. The summed E-state index contributed by atoms with van der Waals surface area (Å²) in [7, 11) is 0. The lowest BCUT2D eigenvalue weighted by atomic mass is 9.95. The molecule has 0 saturated carbocycles. The van der Waals surface area contributed by atoms with E-state index in [9.17, 15) is 18.0 Å². The van der Waals surface area contributed by atoms with Gasteiger partial charge in [0.05, 0.1) is 30.2 Å². The Morgan fingerprint density at radius 2 is 1.38 bits per heavy atom. The van der Waals surface area contributed by atoms with E-state index < -0.39 is 17.4 Å². The van der Waals surface area contributed by atoms with Gasteiger partial charge in [0.1, 0.15) is 0 Å². The van der Waals surface area contributed by atoms with Gasteiger partial charge in [-0.15, -0.1) is 0 Å². The lowest BCUT2D eigenvalue weighted by molar-refractivity contribution is -0.136. The summed E-state index contributed by atoms with van der Waals surface area (Å²) in [5.41, 5.74) is 0.0343. The van der Waals surface area contributed by atoms with Crippen molar-refractivity contribution in [3.63, 3.8) is 0 Å². The highest BCUT2D eigenvalue weighted by molar-refractivity contribution is 5.91. The van der Waals surface area contributed by atoms with E-state index in [1.54, 1.807) is 18.5 Å². The fourth-order valence-electron chi connectivity index (χ4n) is 7.53. The van der Waals surface area contributed by atoms with Crippen LogP contribution in [0.5, 0.6) is 0 Å². The minimum Gasteiger partial charge on any atom is -0.372 e. The van der Waals surface area contributed by atoms with Gasteiger partial charge in [-0.3, -0.25) is 10.1 Å². The predicted molar refractivity (Wildman–Crippen MR) is 177 cm³/mol. The number of rotatable bonds is 8. The molecule has 1 aromatic carbocycles. The Morgan fingerprint density at radius 1 is 0.830 bits per heavy atom. The van der Waals surface area contributed by atoms with Crippen molar-refractivity contribution in [2.75, 3.05) is 93.7 Å². The van der Waals surface area contributed by atoms with Gasteiger partial charge in [0.2, 0.25) is 11.9 Å². The van der Waals surface area contributed by atoms with Crippen LogP contribution in [0.25, 0.3) is 4.85 Å². The molecule has 1 amide bonds. The van der Waals surface area contributed by atoms with Crippen LogP contribution in [-0.2, 0) is 11.0 Å². The molecule has 4 aliphatic rings. The van der Waals surface area contributed by atoms with Crippen LogP contribution in [0.4, 0.5) is 36.2 Å². The first-order valence-electron chi connectivity index (χ1n) is 17.1. The zero-order valence-corrected chi connectivity index (χ0v) is 27.0. The fourth-order valence-corrected chi connectivity index (χ4v) is 7.53. The molecule has 13 heteroatoms. The van der Waals surface area contributed by atoms with Crippen LogP contribution in [0.3, 0.4) is 0 Å². The Kier molecular flexibility index (Phi) is 10.8. The molecule has 0 spiro atoms. The highest BCUT2D eigenvalue weighted by Crippen LogP contribution is 2.39. The highest BCUT2D eigenvalue weighted by atomic mass is 19.4. The Hall–Kier alpha value is -3.47. The summed E-state index contributed by atoms with van der Waals surface area (Å²) in [6, 6.07) is 3.79. The smallest absolute Gasteiger partial charge is 0.372 e. The van der Waals surface area contributed by atoms with Gasteiger partial charge >= 0.3 is 6.18 Å². The van der Waals surface area contributed by atoms with E-state index in [2.05, 4.69) is 40.1 Å². The summed E-state index contributed by atoms with van der Waals surface area (Å²) >= 11 is 0. The highest BCUT2D eigenvalue weighted by Gasteiger charge is 2.35. The summed E-state index contributed by atoms with van der Waals surface area (Å²) in [6.45, 7) is 19.4. The van der Waals surface area contributed by atoms with Crippen LogP contribution in [0.1, 0.15) is 44.1 Å². The van der Waals surface area contributed by atoms with Crippen LogP contribution >= 0.6 is 0 Å². The van der Waals surface area contributed by atoms with Crippen molar-refractivity contribution in [3.05, 3.63) is 47.6 Å². The Balaban J connectivity index is 0.905. The summed E-state index contributed by atoms with van der Waals surface area (Å²) in [4.78, 5) is 34.3. The Bertz CT molecular complexity index is 1370. The normalized spacial score (nSPS) is 21.5. The lowest BCUT2D eigenvalue weighted by Gasteiger charge is -2.40. The standard InChI is InChI=1S/C34H46F3N9O/c1-38-31-3-2-28(20-30(31)34(35,36)37)45-14-8-27(9-15-45)32(47)42-33-40-21-29(22-41-33)46-12-6-26(7-13-46)24-44-18-16-43(17-19-44)23-25-4-10-39-11-5-25/h2-3,20-22,25-27,39H,4-19,23-24H2,(H,40,41,42,47). The maximum absolute atomic E-state index is 13.4. The third kappa shape index (κ3) is 8.72. The van der Waals surface area contributed by atoms with E-state index in [1.165, 1.54) is 71.3 Å². The minimum absolute atomic E-state index is 0.176. The second-order valence-electron chi connectivity index (χ2n) is 13.6. The minimum atomic E-state index is -4.59. The predicted octanol–water partition coefficient (Wildman–Crippen LogP) is 4.73. The maximum atomic E-state index is 13.4. The molecule has 4 saturated heterocycles. The molecule has 0 aliphatic carbocycles. The van der Waals surface area contributed by atoms with E-state index in [0.29, 0.717) is 37.5 Å². The van der Waals surface area contributed by atoms with Crippen molar-refractivity contribution in [1.29, 1.82) is 0 Å². The van der Waals surface area contributed by atoms with Crippen LogP contribution in [0.2, 0.25) is 0 Å². The molecular weight excluding hydrogens is 607 g/mol. The lowest BCUT2D eigenvalue weighted by Crippen LogP contribution is -2.50. The van der Waals surface area contributed by atoms with Gasteiger partial charge in [0.25, 0.3) is 0 Å². The summed E-state index contributed by atoms with van der Waals surface area (Å²) < 4.78 is 40.2. The van der Waals surface area contributed by atoms with E-state index in [-0.39, 0.29) is 17.8 Å². The molecule has 0 unspecified atom stereocenters. The Labute approximate surface area is 275 Å². The number of aromatic nitrogens is 2. The quantitative estimate of drug-likeness (QED) is 0.396. The van der Waals surface area contributed by atoms with Gasteiger partial charge < -0.3 is 24.9 Å². The monoisotopic (exact) mass is 653 g/mol. The summed E-state index contributed by atoms with van der Waals surface area (Å²) in [6.07, 6.45) is 4.87. The van der Waals surface area contributed by atoms with Gasteiger partial charge in [0, 0.05) is 77.1 Å². The number of carbonyl (C=O) groups is 1. The van der Waals surface area contributed by atoms with Gasteiger partial charge in [-0.25, -0.2) is 14.8 Å². The molecule has 1 aromatic heterocycles. The van der Waals surface area contributed by atoms with E-state index in [4.69, 9.17) is 6.57 Å². The Morgan fingerprint density at radius 3 is 1.96 bits per heavy atom. The number of nitrogens with zero attached hydrogens (tertiary/aromatic N) is 7. The molecule has 254 valence electrons. The molecule has 4 aliphatic heterocycles. The van der Waals surface area contributed by atoms with Gasteiger partial charge in [-0.05, 0) is 75.6 Å². The van der Waals surface area contributed by atoms with Crippen LogP contribution in [0, 0.1) is 24.3 Å². The van der Waals surface area contributed by atoms with Crippen LogP contribution in [-0.4, -0.2) is 104 Å². The number of hydrogen-bond donors (Lipinski definition) is 2. The number of halogens is 3. The third-order valence-corrected chi connectivity index (χ3v) is 10.4. The SMILES string of the molecule is [C-]#[N+]c1ccc(N2CCC(C(=O)Nc3ncc(N4CCC(CN5CCN(CC6CCNCC6)CC5)CC4)cn3)CC2)cc1C(F)(F)F. The van der Waals surface area contributed by atoms with Gasteiger partial charge in [-0.2, -0.15) is 13.2 Å². The molecule has 6 rings (SSSR count). The van der Waals surface area contributed by atoms with Crippen molar-refractivity contribution in [1.82, 2.24) is 25.1 Å². The molecule has 0 bridgehead atoms. The average molecular weight is 654 g/mol. The molecule has 0 atom stereocenters. The van der Waals surface area contributed by atoms with E-state index in [0.717, 1.165) is 43.6 Å². The number of piperidine rings is 3. The van der Waals surface area contributed by atoms with Crippen molar-refractivity contribution < 1.29 is 18.0 Å². The van der Waals surface area contributed by atoms with Gasteiger partial charge in [0.15, 0.2) is 5.69 Å². The molecule has 0 radical (unpaired) electrons. The maximum Gasteiger partial charge on any atom is 0.407 e. The van der Waals surface area contributed by atoms with Crippen molar-refractivity contribution in [3.8, 4) is 0 Å². The number of amides is 1. The molecule has 47 heavy (non-hydrogen) atoms. The number of alkyl halides is 3. The van der Waals surface area contributed by atoms with Gasteiger partial charge in [-0.1, -0.05) is 6.07 Å².